The lowest BCUT2D eigenvalue weighted by Crippen LogP contribution is -2.00. The second-order valence-corrected chi connectivity index (χ2v) is 6.26. The van der Waals surface area contributed by atoms with Gasteiger partial charge in [-0.15, -0.1) is 0 Å². The van der Waals surface area contributed by atoms with Gasteiger partial charge in [0.2, 0.25) is 0 Å². The van der Waals surface area contributed by atoms with E-state index in [-0.39, 0.29) is 5.97 Å². The zero-order valence-electron chi connectivity index (χ0n) is 12.0. The summed E-state index contributed by atoms with van der Waals surface area (Å²) in [5.74, 6) is 1.52. The summed E-state index contributed by atoms with van der Waals surface area (Å²) in [5, 5.41) is 0. The highest BCUT2D eigenvalue weighted by molar-refractivity contribution is 9.11. The lowest BCUT2D eigenvalue weighted by Gasteiger charge is -1.98. The summed E-state index contributed by atoms with van der Waals surface area (Å²) in [6, 6.07) is 0. The highest BCUT2D eigenvalue weighted by Crippen LogP contribution is 2.45. The van der Waals surface area contributed by atoms with Crippen molar-refractivity contribution in [2.45, 2.75) is 51.9 Å². The van der Waals surface area contributed by atoms with E-state index in [2.05, 4.69) is 45.8 Å². The third-order valence-electron chi connectivity index (χ3n) is 3.62. The van der Waals surface area contributed by atoms with Crippen LogP contribution in [0.4, 0.5) is 0 Å². The predicted octanol–water partition coefficient (Wildman–Crippen LogP) is 4.99. The van der Waals surface area contributed by atoms with Crippen molar-refractivity contribution in [1.82, 2.24) is 0 Å². The van der Waals surface area contributed by atoms with Crippen molar-refractivity contribution in [3.05, 3.63) is 22.7 Å². The Morgan fingerprint density at radius 3 is 2.74 bits per heavy atom. The van der Waals surface area contributed by atoms with Crippen LogP contribution in [0.1, 0.15) is 51.9 Å². The fourth-order valence-electron chi connectivity index (χ4n) is 2.32. The molecule has 2 nitrogen and oxygen atoms in total. The van der Waals surface area contributed by atoms with Crippen molar-refractivity contribution in [3.8, 4) is 0 Å². The first-order chi connectivity index (χ1) is 9.17. The number of halogens is 1. The van der Waals surface area contributed by atoms with Crippen molar-refractivity contribution in [2.24, 2.45) is 11.8 Å². The first kappa shape index (κ1) is 16.5. The summed E-state index contributed by atoms with van der Waals surface area (Å²) >= 11 is 3.55. The summed E-state index contributed by atoms with van der Waals surface area (Å²) in [6.45, 7) is 2.18. The van der Waals surface area contributed by atoms with E-state index in [1.54, 1.807) is 0 Å². The SMILES string of the molecule is CCC/C(Br)=C/C=C/CC[C@H]1C[C@@H]1CCC(=O)OC. The summed E-state index contributed by atoms with van der Waals surface area (Å²) in [4.78, 5) is 11.0. The molecule has 19 heavy (non-hydrogen) atoms. The molecular formula is C16H25BrO2. The highest BCUT2D eigenvalue weighted by Gasteiger charge is 2.35. The van der Waals surface area contributed by atoms with Gasteiger partial charge in [0.15, 0.2) is 0 Å². The maximum absolute atomic E-state index is 11.0. The second kappa shape index (κ2) is 9.35. The molecule has 0 aromatic rings. The minimum Gasteiger partial charge on any atom is -0.469 e. The summed E-state index contributed by atoms with van der Waals surface area (Å²) < 4.78 is 5.93. The van der Waals surface area contributed by atoms with Crippen molar-refractivity contribution in [1.29, 1.82) is 0 Å². The van der Waals surface area contributed by atoms with E-state index < -0.39 is 0 Å². The highest BCUT2D eigenvalue weighted by atomic mass is 79.9. The third kappa shape index (κ3) is 7.56. The molecule has 0 amide bonds. The smallest absolute Gasteiger partial charge is 0.305 e. The molecule has 0 aliphatic heterocycles. The van der Waals surface area contributed by atoms with Crippen LogP contribution in [-0.4, -0.2) is 13.1 Å². The van der Waals surface area contributed by atoms with Gasteiger partial charge in [-0.3, -0.25) is 4.79 Å². The molecule has 0 saturated heterocycles. The van der Waals surface area contributed by atoms with Crippen molar-refractivity contribution in [3.63, 3.8) is 0 Å². The summed E-state index contributed by atoms with van der Waals surface area (Å²) in [7, 11) is 1.46. The monoisotopic (exact) mass is 328 g/mol. The number of methoxy groups -OCH3 is 1. The lowest BCUT2D eigenvalue weighted by atomic mass is 10.1. The maximum atomic E-state index is 11.0. The molecule has 0 aromatic heterocycles. The zero-order chi connectivity index (χ0) is 14.1. The van der Waals surface area contributed by atoms with Gasteiger partial charge in [0.1, 0.15) is 0 Å². The van der Waals surface area contributed by atoms with Gasteiger partial charge in [-0.1, -0.05) is 47.5 Å². The third-order valence-corrected chi connectivity index (χ3v) is 4.28. The van der Waals surface area contributed by atoms with Gasteiger partial charge < -0.3 is 4.74 Å². The summed E-state index contributed by atoms with van der Waals surface area (Å²) in [5.41, 5.74) is 0. The van der Waals surface area contributed by atoms with Crippen LogP contribution in [0.2, 0.25) is 0 Å². The Morgan fingerprint density at radius 1 is 1.32 bits per heavy atom. The van der Waals surface area contributed by atoms with Gasteiger partial charge in [-0.25, -0.2) is 0 Å². The van der Waals surface area contributed by atoms with Gasteiger partial charge in [0.05, 0.1) is 7.11 Å². The number of rotatable bonds is 9. The molecule has 1 rings (SSSR count). The van der Waals surface area contributed by atoms with E-state index in [0.29, 0.717) is 6.42 Å². The quantitative estimate of drug-likeness (QED) is 0.440. The average Bonchev–Trinajstić information content (AvgIpc) is 3.14. The van der Waals surface area contributed by atoms with E-state index in [1.165, 1.54) is 30.9 Å². The number of allylic oxidation sites excluding steroid dienone is 4. The van der Waals surface area contributed by atoms with Crippen LogP contribution in [0.5, 0.6) is 0 Å². The first-order valence-corrected chi connectivity index (χ1v) is 8.04. The van der Waals surface area contributed by atoms with Crippen LogP contribution in [0.25, 0.3) is 0 Å². The first-order valence-electron chi connectivity index (χ1n) is 7.25. The van der Waals surface area contributed by atoms with Crippen LogP contribution < -0.4 is 0 Å². The van der Waals surface area contributed by atoms with Crippen LogP contribution in [-0.2, 0) is 9.53 Å². The second-order valence-electron chi connectivity index (χ2n) is 5.24. The van der Waals surface area contributed by atoms with E-state index >= 15 is 0 Å². The van der Waals surface area contributed by atoms with Crippen molar-refractivity contribution >= 4 is 21.9 Å². The fourth-order valence-corrected chi connectivity index (χ4v) is 2.87. The number of esters is 1. The Morgan fingerprint density at radius 2 is 2.05 bits per heavy atom. The Hall–Kier alpha value is -0.570. The molecule has 0 bridgehead atoms. The predicted molar refractivity (Wildman–Crippen MR) is 83.1 cm³/mol. The molecule has 1 saturated carbocycles. The molecule has 0 aromatic carbocycles. The minimum atomic E-state index is -0.0727. The van der Waals surface area contributed by atoms with E-state index in [1.807, 2.05) is 0 Å². The van der Waals surface area contributed by atoms with E-state index in [9.17, 15) is 4.79 Å². The molecule has 108 valence electrons. The van der Waals surface area contributed by atoms with E-state index in [0.717, 1.165) is 31.1 Å². The molecule has 0 heterocycles. The normalized spacial score (nSPS) is 22.8. The van der Waals surface area contributed by atoms with Crippen LogP contribution >= 0.6 is 15.9 Å². The van der Waals surface area contributed by atoms with E-state index in [4.69, 9.17) is 0 Å². The lowest BCUT2D eigenvalue weighted by molar-refractivity contribution is -0.140. The molecule has 2 atom stereocenters. The fraction of sp³-hybridized carbons (Fsp3) is 0.688. The Bertz CT molecular complexity index is 334. The van der Waals surface area contributed by atoms with Crippen LogP contribution in [0.15, 0.2) is 22.7 Å². The largest absolute Gasteiger partial charge is 0.469 e. The zero-order valence-corrected chi connectivity index (χ0v) is 13.6. The molecule has 0 radical (unpaired) electrons. The Kier molecular flexibility index (Phi) is 8.11. The molecular weight excluding hydrogens is 304 g/mol. The number of hydrogen-bond acceptors (Lipinski definition) is 2. The molecule has 0 unspecified atom stereocenters. The number of carbonyl (C=O) groups is 1. The number of ether oxygens (including phenoxy) is 1. The Labute approximate surface area is 125 Å². The number of hydrogen-bond donors (Lipinski definition) is 0. The van der Waals surface area contributed by atoms with Crippen molar-refractivity contribution < 1.29 is 9.53 Å². The van der Waals surface area contributed by atoms with Gasteiger partial charge >= 0.3 is 5.97 Å². The average molecular weight is 329 g/mol. The molecule has 0 N–H and O–H groups in total. The topological polar surface area (TPSA) is 26.3 Å². The minimum absolute atomic E-state index is 0.0727. The Balaban J connectivity index is 2.04. The molecule has 1 aliphatic carbocycles. The standard InChI is InChI=1S/C16H25BrO2/c1-3-7-15(17)9-6-4-5-8-13-12-14(13)10-11-16(18)19-2/h4,6,9,13-14H,3,5,7-8,10-12H2,1-2H3/b6-4+,15-9-/t13-,14-/m0/s1. The molecule has 3 heteroatoms. The number of carbonyl (C=O) groups excluding carboxylic acids is 1. The van der Waals surface area contributed by atoms with Gasteiger partial charge in [-0.2, -0.15) is 0 Å². The molecule has 1 aliphatic rings. The summed E-state index contributed by atoms with van der Waals surface area (Å²) in [6.07, 6.45) is 14.1. The maximum Gasteiger partial charge on any atom is 0.305 e. The van der Waals surface area contributed by atoms with Crippen LogP contribution in [0.3, 0.4) is 0 Å². The van der Waals surface area contributed by atoms with Crippen LogP contribution in [0, 0.1) is 11.8 Å². The molecule has 1 fully saturated rings. The molecule has 0 spiro atoms. The van der Waals surface area contributed by atoms with Gasteiger partial charge in [0, 0.05) is 6.42 Å². The van der Waals surface area contributed by atoms with Gasteiger partial charge in [0.25, 0.3) is 0 Å². The van der Waals surface area contributed by atoms with Gasteiger partial charge in [-0.05, 0) is 48.4 Å². The van der Waals surface area contributed by atoms with Crippen molar-refractivity contribution in [2.75, 3.05) is 7.11 Å².